The molecule has 1 aromatic carbocycles. The summed E-state index contributed by atoms with van der Waals surface area (Å²) >= 11 is 5.91. The summed E-state index contributed by atoms with van der Waals surface area (Å²) in [6.45, 7) is 1.96. The molecule has 0 saturated carbocycles. The van der Waals surface area contributed by atoms with Gasteiger partial charge in [0.2, 0.25) is 0 Å². The van der Waals surface area contributed by atoms with Gasteiger partial charge in [-0.3, -0.25) is 5.32 Å². The van der Waals surface area contributed by atoms with Crippen LogP contribution in [0.5, 0.6) is 0 Å². The minimum atomic E-state index is -1.00. The molecular weight excluding hydrogens is 257 g/mol. The molecule has 1 unspecified atom stereocenters. The Morgan fingerprint density at radius 1 is 1.67 bits per heavy atom. The van der Waals surface area contributed by atoms with E-state index in [-0.39, 0.29) is 23.7 Å². The van der Waals surface area contributed by atoms with Crippen LogP contribution in [0.1, 0.15) is 18.5 Å². The van der Waals surface area contributed by atoms with Gasteiger partial charge in [0.05, 0.1) is 13.2 Å². The summed E-state index contributed by atoms with van der Waals surface area (Å²) in [7, 11) is 0. The zero-order valence-corrected chi connectivity index (χ0v) is 10.6. The smallest absolute Gasteiger partial charge is 0.327 e. The quantitative estimate of drug-likeness (QED) is 0.658. The molecule has 0 heterocycles. The molecule has 0 radical (unpaired) electrons. The van der Waals surface area contributed by atoms with Crippen molar-refractivity contribution in [3.8, 4) is 12.3 Å². The Kier molecular flexibility index (Phi) is 5.63. The second-order valence-electron chi connectivity index (χ2n) is 3.41. The van der Waals surface area contributed by atoms with E-state index in [0.29, 0.717) is 0 Å². The molecule has 0 aliphatic carbocycles. The zero-order chi connectivity index (χ0) is 13.5. The fourth-order valence-corrected chi connectivity index (χ4v) is 1.75. The summed E-state index contributed by atoms with van der Waals surface area (Å²) in [6.07, 6.45) is 5.11. The summed E-state index contributed by atoms with van der Waals surface area (Å²) < 4.78 is 18.6. The molecule has 0 saturated heterocycles. The van der Waals surface area contributed by atoms with Crippen LogP contribution in [0.3, 0.4) is 0 Å². The molecule has 0 amide bonds. The maximum absolute atomic E-state index is 13.7. The Morgan fingerprint density at radius 3 is 2.94 bits per heavy atom. The van der Waals surface area contributed by atoms with Crippen molar-refractivity contribution < 1.29 is 13.9 Å². The molecule has 96 valence electrons. The lowest BCUT2D eigenvalue weighted by molar-refractivity contribution is -0.145. The van der Waals surface area contributed by atoms with Crippen LogP contribution in [0.25, 0.3) is 0 Å². The maximum Gasteiger partial charge on any atom is 0.327 e. The molecule has 3 nitrogen and oxygen atoms in total. The van der Waals surface area contributed by atoms with Crippen LogP contribution in [-0.4, -0.2) is 19.1 Å². The highest BCUT2D eigenvalue weighted by atomic mass is 35.5. The zero-order valence-electron chi connectivity index (χ0n) is 9.87. The third-order valence-corrected chi connectivity index (χ3v) is 2.55. The van der Waals surface area contributed by atoms with Crippen molar-refractivity contribution in [3.63, 3.8) is 0 Å². The molecule has 18 heavy (non-hydrogen) atoms. The Labute approximate surface area is 110 Å². The van der Waals surface area contributed by atoms with Gasteiger partial charge < -0.3 is 4.74 Å². The highest BCUT2D eigenvalue weighted by molar-refractivity contribution is 6.31. The Morgan fingerprint density at radius 2 is 2.39 bits per heavy atom. The van der Waals surface area contributed by atoms with E-state index in [4.69, 9.17) is 22.8 Å². The monoisotopic (exact) mass is 269 g/mol. The van der Waals surface area contributed by atoms with E-state index in [2.05, 4.69) is 11.2 Å². The van der Waals surface area contributed by atoms with Gasteiger partial charge in [0.15, 0.2) is 0 Å². The van der Waals surface area contributed by atoms with Crippen molar-refractivity contribution in [1.29, 1.82) is 0 Å². The number of ether oxygens (including phenoxy) is 1. The summed E-state index contributed by atoms with van der Waals surface area (Å²) in [5.41, 5.74) is 0.0490. The van der Waals surface area contributed by atoms with Gasteiger partial charge in [-0.05, 0) is 19.1 Å². The van der Waals surface area contributed by atoms with E-state index in [0.717, 1.165) is 0 Å². The standard InChI is InChI=1S/C13H13ClFNO2/c1-3-8-16-12(13(17)18-4-2)11-9(14)6-5-7-10(11)15/h1,5-7,12,16H,4,8H2,2H3. The number of esters is 1. The van der Waals surface area contributed by atoms with E-state index in [9.17, 15) is 9.18 Å². The first-order valence-electron chi connectivity index (χ1n) is 5.39. The minimum Gasteiger partial charge on any atom is -0.465 e. The van der Waals surface area contributed by atoms with Crippen molar-refractivity contribution in [2.75, 3.05) is 13.2 Å². The van der Waals surface area contributed by atoms with Gasteiger partial charge in [-0.1, -0.05) is 23.6 Å². The van der Waals surface area contributed by atoms with E-state index in [1.165, 1.54) is 18.2 Å². The third kappa shape index (κ3) is 3.46. The second kappa shape index (κ2) is 7.00. The molecule has 5 heteroatoms. The topological polar surface area (TPSA) is 38.3 Å². The molecule has 0 aromatic heterocycles. The second-order valence-corrected chi connectivity index (χ2v) is 3.81. The average Bonchev–Trinajstić information content (AvgIpc) is 2.33. The van der Waals surface area contributed by atoms with Gasteiger partial charge in [-0.25, -0.2) is 9.18 Å². The molecule has 1 N–H and O–H groups in total. The molecule has 1 atom stereocenters. The number of rotatable bonds is 5. The molecule has 0 bridgehead atoms. The molecular formula is C13H13ClFNO2. The predicted molar refractivity (Wildman–Crippen MR) is 67.6 cm³/mol. The van der Waals surface area contributed by atoms with Crippen LogP contribution in [0.15, 0.2) is 18.2 Å². The van der Waals surface area contributed by atoms with Crippen molar-refractivity contribution >= 4 is 17.6 Å². The first-order valence-corrected chi connectivity index (χ1v) is 5.77. The molecule has 0 aliphatic heterocycles. The normalized spacial score (nSPS) is 11.7. The van der Waals surface area contributed by atoms with Crippen molar-refractivity contribution in [3.05, 3.63) is 34.6 Å². The largest absolute Gasteiger partial charge is 0.465 e. The summed E-state index contributed by atoms with van der Waals surface area (Å²) in [5, 5.41) is 2.87. The number of terminal acetylenes is 1. The summed E-state index contributed by atoms with van der Waals surface area (Å²) in [5.74, 6) is 1.13. The Bertz CT molecular complexity index is 450. The minimum absolute atomic E-state index is 0.0490. The lowest BCUT2D eigenvalue weighted by Gasteiger charge is -2.18. The average molecular weight is 270 g/mol. The highest BCUT2D eigenvalue weighted by Gasteiger charge is 2.26. The summed E-state index contributed by atoms with van der Waals surface area (Å²) in [6, 6.07) is 3.19. The van der Waals surface area contributed by atoms with Gasteiger partial charge in [0, 0.05) is 10.6 Å². The van der Waals surface area contributed by atoms with Gasteiger partial charge in [0.1, 0.15) is 11.9 Å². The first-order chi connectivity index (χ1) is 8.61. The van der Waals surface area contributed by atoms with Crippen LogP contribution < -0.4 is 5.32 Å². The van der Waals surface area contributed by atoms with Crippen molar-refractivity contribution in [2.24, 2.45) is 0 Å². The first kappa shape index (κ1) is 14.5. The molecule has 0 fully saturated rings. The van der Waals surface area contributed by atoms with E-state index >= 15 is 0 Å². The highest BCUT2D eigenvalue weighted by Crippen LogP contribution is 2.26. The molecule has 0 spiro atoms. The maximum atomic E-state index is 13.7. The van der Waals surface area contributed by atoms with Gasteiger partial charge >= 0.3 is 5.97 Å². The Balaban J connectivity index is 3.09. The molecule has 1 rings (SSSR count). The molecule has 1 aromatic rings. The number of hydrogen-bond donors (Lipinski definition) is 1. The van der Waals surface area contributed by atoms with E-state index in [1.807, 2.05) is 0 Å². The SMILES string of the molecule is C#CCNC(C(=O)OCC)c1c(F)cccc1Cl. The fourth-order valence-electron chi connectivity index (χ4n) is 1.48. The number of benzene rings is 1. The lowest BCUT2D eigenvalue weighted by Crippen LogP contribution is -2.31. The van der Waals surface area contributed by atoms with E-state index < -0.39 is 17.8 Å². The Hall–Kier alpha value is -1.57. The number of carbonyl (C=O) groups is 1. The van der Waals surface area contributed by atoms with Crippen LogP contribution in [0.4, 0.5) is 4.39 Å². The van der Waals surface area contributed by atoms with Gasteiger partial charge in [0.25, 0.3) is 0 Å². The van der Waals surface area contributed by atoms with Crippen LogP contribution in [0, 0.1) is 18.2 Å². The van der Waals surface area contributed by atoms with Gasteiger partial charge in [-0.15, -0.1) is 6.42 Å². The molecule has 0 aliphatic rings. The van der Waals surface area contributed by atoms with Gasteiger partial charge in [-0.2, -0.15) is 0 Å². The number of halogens is 2. The van der Waals surface area contributed by atoms with E-state index in [1.54, 1.807) is 6.92 Å². The van der Waals surface area contributed by atoms with Crippen molar-refractivity contribution in [1.82, 2.24) is 5.32 Å². The lowest BCUT2D eigenvalue weighted by atomic mass is 10.1. The van der Waals surface area contributed by atoms with Crippen LogP contribution >= 0.6 is 11.6 Å². The van der Waals surface area contributed by atoms with Crippen LogP contribution in [-0.2, 0) is 9.53 Å². The number of nitrogens with one attached hydrogen (secondary N) is 1. The third-order valence-electron chi connectivity index (χ3n) is 2.22. The number of hydrogen-bond acceptors (Lipinski definition) is 3. The predicted octanol–water partition coefficient (Wildman–Crippen LogP) is 2.31. The number of carbonyl (C=O) groups excluding carboxylic acids is 1. The fraction of sp³-hybridized carbons (Fsp3) is 0.308. The van der Waals surface area contributed by atoms with Crippen molar-refractivity contribution in [2.45, 2.75) is 13.0 Å². The van der Waals surface area contributed by atoms with Crippen LogP contribution in [0.2, 0.25) is 5.02 Å². The summed E-state index contributed by atoms with van der Waals surface area (Å²) in [4.78, 5) is 11.8.